The van der Waals surface area contributed by atoms with Crippen molar-refractivity contribution in [2.24, 2.45) is 5.92 Å². The molecule has 104 valence electrons. The van der Waals surface area contributed by atoms with E-state index >= 15 is 0 Å². The number of nitrogens with one attached hydrogen (secondary N) is 2. The molecule has 1 aliphatic carbocycles. The minimum absolute atomic E-state index is 0.528. The minimum Gasteiger partial charge on any atom is -0.359 e. The highest BCUT2D eigenvalue weighted by atomic mass is 32.1. The Hall–Kier alpha value is -1.09. The van der Waals surface area contributed by atoms with Crippen LogP contribution in [0, 0.1) is 19.8 Å². The third-order valence-electron chi connectivity index (χ3n) is 4.19. The molecule has 19 heavy (non-hydrogen) atoms. The van der Waals surface area contributed by atoms with Gasteiger partial charge in [-0.25, -0.2) is 0 Å². The van der Waals surface area contributed by atoms with Crippen LogP contribution in [-0.2, 0) is 0 Å². The van der Waals surface area contributed by atoms with E-state index in [1.54, 1.807) is 0 Å². The van der Waals surface area contributed by atoms with E-state index < -0.39 is 0 Å². The fourth-order valence-electron chi connectivity index (χ4n) is 2.69. The summed E-state index contributed by atoms with van der Waals surface area (Å²) in [6, 6.07) is 6.89. The average molecular weight is 276 g/mol. The molecule has 0 heterocycles. The van der Waals surface area contributed by atoms with Crippen LogP contribution in [0.5, 0.6) is 0 Å². The summed E-state index contributed by atoms with van der Waals surface area (Å²) < 4.78 is 0. The van der Waals surface area contributed by atoms with Crippen LogP contribution >= 0.6 is 12.2 Å². The van der Waals surface area contributed by atoms with Crippen molar-refractivity contribution >= 4 is 23.0 Å². The zero-order chi connectivity index (χ0) is 13.8. The van der Waals surface area contributed by atoms with Crippen molar-refractivity contribution in [1.29, 1.82) is 0 Å². The molecule has 2 atom stereocenters. The van der Waals surface area contributed by atoms with Gasteiger partial charge in [-0.1, -0.05) is 25.8 Å². The maximum absolute atomic E-state index is 5.42. The molecule has 0 amide bonds. The molecule has 1 saturated carbocycles. The van der Waals surface area contributed by atoms with Gasteiger partial charge in [0, 0.05) is 11.7 Å². The lowest BCUT2D eigenvalue weighted by molar-refractivity contribution is 0.309. The monoisotopic (exact) mass is 276 g/mol. The van der Waals surface area contributed by atoms with Crippen LogP contribution in [0.15, 0.2) is 18.2 Å². The second kappa shape index (κ2) is 6.38. The second-order valence-corrected chi connectivity index (χ2v) is 6.17. The van der Waals surface area contributed by atoms with Crippen molar-refractivity contribution < 1.29 is 0 Å². The molecular formula is C16H24N2S. The minimum atomic E-state index is 0.528. The van der Waals surface area contributed by atoms with E-state index in [0.717, 1.165) is 10.8 Å². The first-order chi connectivity index (χ1) is 9.06. The first kappa shape index (κ1) is 14.3. The van der Waals surface area contributed by atoms with E-state index in [4.69, 9.17) is 12.2 Å². The van der Waals surface area contributed by atoms with Crippen molar-refractivity contribution in [3.8, 4) is 0 Å². The van der Waals surface area contributed by atoms with Gasteiger partial charge in [0.15, 0.2) is 5.11 Å². The van der Waals surface area contributed by atoms with Gasteiger partial charge in [0.05, 0.1) is 0 Å². The number of rotatable bonds is 2. The van der Waals surface area contributed by atoms with E-state index in [1.807, 2.05) is 0 Å². The lowest BCUT2D eigenvalue weighted by Gasteiger charge is -2.30. The molecule has 1 fully saturated rings. The summed E-state index contributed by atoms with van der Waals surface area (Å²) >= 11 is 5.42. The number of benzene rings is 1. The summed E-state index contributed by atoms with van der Waals surface area (Å²) in [6.07, 6.45) is 5.21. The predicted molar refractivity (Wildman–Crippen MR) is 86.7 cm³/mol. The molecule has 0 saturated heterocycles. The number of aryl methyl sites for hydroxylation is 2. The van der Waals surface area contributed by atoms with Crippen LogP contribution in [-0.4, -0.2) is 11.2 Å². The van der Waals surface area contributed by atoms with Gasteiger partial charge in [0.25, 0.3) is 0 Å². The maximum atomic E-state index is 5.42. The third-order valence-corrected chi connectivity index (χ3v) is 4.41. The van der Waals surface area contributed by atoms with Gasteiger partial charge in [-0.05, 0) is 68.1 Å². The van der Waals surface area contributed by atoms with Gasteiger partial charge in [-0.15, -0.1) is 0 Å². The van der Waals surface area contributed by atoms with Gasteiger partial charge in [0.1, 0.15) is 0 Å². The SMILES string of the molecule is Cc1ccc(NC(=S)N[C@@H]2CCCC[C@@H]2C)cc1C. The highest BCUT2D eigenvalue weighted by Crippen LogP contribution is 2.23. The molecule has 0 unspecified atom stereocenters. The average Bonchev–Trinajstić information content (AvgIpc) is 2.37. The topological polar surface area (TPSA) is 24.1 Å². The first-order valence-electron chi connectivity index (χ1n) is 7.21. The molecule has 0 bridgehead atoms. The molecule has 0 spiro atoms. The van der Waals surface area contributed by atoms with Gasteiger partial charge >= 0.3 is 0 Å². The fourth-order valence-corrected chi connectivity index (χ4v) is 2.95. The van der Waals surface area contributed by atoms with Crippen LogP contribution in [0.3, 0.4) is 0 Å². The number of anilines is 1. The summed E-state index contributed by atoms with van der Waals surface area (Å²) in [6.45, 7) is 6.56. The van der Waals surface area contributed by atoms with Crippen molar-refractivity contribution in [2.45, 2.75) is 52.5 Å². The van der Waals surface area contributed by atoms with Gasteiger partial charge in [0.2, 0.25) is 0 Å². The Morgan fingerprint density at radius 3 is 2.58 bits per heavy atom. The normalized spacial score (nSPS) is 22.9. The van der Waals surface area contributed by atoms with Crippen LogP contribution in [0.25, 0.3) is 0 Å². The molecule has 2 nitrogen and oxygen atoms in total. The number of thiocarbonyl (C=S) groups is 1. The Labute approximate surface area is 122 Å². The first-order valence-corrected chi connectivity index (χ1v) is 7.62. The Kier molecular flexibility index (Phi) is 4.81. The van der Waals surface area contributed by atoms with Crippen molar-refractivity contribution in [3.05, 3.63) is 29.3 Å². The van der Waals surface area contributed by atoms with Crippen molar-refractivity contribution in [3.63, 3.8) is 0 Å². The fraction of sp³-hybridized carbons (Fsp3) is 0.562. The summed E-state index contributed by atoms with van der Waals surface area (Å²) in [5, 5.41) is 7.52. The summed E-state index contributed by atoms with van der Waals surface area (Å²) in [7, 11) is 0. The molecule has 3 heteroatoms. The summed E-state index contributed by atoms with van der Waals surface area (Å²) in [4.78, 5) is 0. The summed E-state index contributed by atoms with van der Waals surface area (Å²) in [5.74, 6) is 0.716. The van der Waals surface area contributed by atoms with Crippen LogP contribution in [0.4, 0.5) is 5.69 Å². The Morgan fingerprint density at radius 1 is 1.16 bits per heavy atom. The van der Waals surface area contributed by atoms with Gasteiger partial charge < -0.3 is 10.6 Å². The van der Waals surface area contributed by atoms with E-state index in [-0.39, 0.29) is 0 Å². The quantitative estimate of drug-likeness (QED) is 0.793. The highest BCUT2D eigenvalue weighted by Gasteiger charge is 2.21. The highest BCUT2D eigenvalue weighted by molar-refractivity contribution is 7.80. The summed E-state index contributed by atoms with van der Waals surface area (Å²) in [5.41, 5.74) is 3.67. The van der Waals surface area contributed by atoms with Gasteiger partial charge in [-0.3, -0.25) is 0 Å². The van der Waals surface area contributed by atoms with E-state index in [0.29, 0.717) is 12.0 Å². The largest absolute Gasteiger partial charge is 0.359 e. The van der Waals surface area contributed by atoms with E-state index in [1.165, 1.54) is 36.8 Å². The zero-order valence-corrected chi connectivity index (χ0v) is 12.9. The lowest BCUT2D eigenvalue weighted by Crippen LogP contribution is -2.43. The molecule has 2 rings (SSSR count). The lowest BCUT2D eigenvalue weighted by atomic mass is 9.86. The van der Waals surface area contributed by atoms with E-state index in [9.17, 15) is 0 Å². The van der Waals surface area contributed by atoms with Crippen molar-refractivity contribution in [2.75, 3.05) is 5.32 Å². The predicted octanol–water partition coefficient (Wildman–Crippen LogP) is 4.17. The Morgan fingerprint density at radius 2 is 1.89 bits per heavy atom. The third kappa shape index (κ3) is 3.93. The van der Waals surface area contributed by atoms with E-state index in [2.05, 4.69) is 49.6 Å². The molecule has 1 aromatic carbocycles. The maximum Gasteiger partial charge on any atom is 0.171 e. The molecule has 1 aromatic rings. The van der Waals surface area contributed by atoms with Crippen LogP contribution in [0.1, 0.15) is 43.7 Å². The molecule has 0 radical (unpaired) electrons. The standard InChI is InChI=1S/C16H24N2S/c1-11-8-9-14(10-13(11)3)17-16(19)18-15-7-5-4-6-12(15)2/h8-10,12,15H,4-7H2,1-3H3,(H2,17,18,19)/t12-,15+/m0/s1. The number of hydrogen-bond donors (Lipinski definition) is 2. The van der Waals surface area contributed by atoms with Gasteiger partial charge in [-0.2, -0.15) is 0 Å². The van der Waals surface area contributed by atoms with Crippen LogP contribution in [0.2, 0.25) is 0 Å². The Balaban J connectivity index is 1.91. The molecule has 1 aliphatic rings. The molecule has 0 aromatic heterocycles. The smallest absolute Gasteiger partial charge is 0.171 e. The zero-order valence-electron chi connectivity index (χ0n) is 12.1. The van der Waals surface area contributed by atoms with Crippen LogP contribution < -0.4 is 10.6 Å². The molecule has 2 N–H and O–H groups in total. The molecular weight excluding hydrogens is 252 g/mol. The van der Waals surface area contributed by atoms with Crippen molar-refractivity contribution in [1.82, 2.24) is 5.32 Å². The Bertz CT molecular complexity index is 456. The second-order valence-electron chi connectivity index (χ2n) is 5.77. The molecule has 0 aliphatic heterocycles. The number of hydrogen-bond acceptors (Lipinski definition) is 1.